The molecule has 1 atom stereocenters. The van der Waals surface area contributed by atoms with Crippen LogP contribution in [0.4, 0.5) is 11.4 Å². The molecule has 210 valence electrons. The first-order chi connectivity index (χ1) is 19.7. The van der Waals surface area contributed by atoms with Gasteiger partial charge in [0.1, 0.15) is 0 Å². The highest BCUT2D eigenvalue weighted by Gasteiger charge is 2.41. The van der Waals surface area contributed by atoms with Crippen molar-refractivity contribution in [2.75, 3.05) is 23.9 Å². The maximum absolute atomic E-state index is 2.47. The maximum atomic E-state index is 2.47. The lowest BCUT2D eigenvalue weighted by atomic mass is 9.80. The molecule has 3 aromatic rings. The topological polar surface area (TPSA) is 6.48 Å². The van der Waals surface area contributed by atoms with Crippen LogP contribution in [0.3, 0.4) is 0 Å². The van der Waals surface area contributed by atoms with Crippen molar-refractivity contribution >= 4 is 23.1 Å². The zero-order chi connectivity index (χ0) is 28.8. The molecule has 0 radical (unpaired) electrons. The molecule has 6 rings (SSSR count). The normalized spacial score (nSPS) is 23.1. The molecule has 0 N–H and O–H groups in total. The molecule has 0 bridgehead atoms. The zero-order valence-corrected chi connectivity index (χ0v) is 26.1. The number of hydrogen-bond donors (Lipinski definition) is 0. The number of rotatable bonds is 5. The van der Waals surface area contributed by atoms with Gasteiger partial charge in [-0.25, -0.2) is 0 Å². The average molecular weight is 559 g/mol. The van der Waals surface area contributed by atoms with E-state index < -0.39 is 0 Å². The van der Waals surface area contributed by atoms with Crippen LogP contribution < -0.4 is 9.80 Å². The van der Waals surface area contributed by atoms with Gasteiger partial charge >= 0.3 is 0 Å². The van der Waals surface area contributed by atoms with Crippen molar-refractivity contribution in [3.8, 4) is 0 Å². The quantitative estimate of drug-likeness (QED) is 0.308. The fourth-order valence-corrected chi connectivity index (χ4v) is 8.27. The number of para-hydroxylation sites is 2. The summed E-state index contributed by atoms with van der Waals surface area (Å²) in [7, 11) is 4.45. The number of nitrogens with zero attached hydrogens (tertiary/aromatic N) is 2. The van der Waals surface area contributed by atoms with Crippen molar-refractivity contribution in [3.63, 3.8) is 0 Å². The third-order valence-electron chi connectivity index (χ3n) is 9.44. The Labute approximate surface area is 251 Å². The molecular weight excluding hydrogens is 516 g/mol. The van der Waals surface area contributed by atoms with E-state index in [0.717, 1.165) is 12.8 Å². The molecule has 0 amide bonds. The molecule has 0 saturated heterocycles. The molecule has 0 aromatic heterocycles. The molecule has 0 saturated carbocycles. The number of allylic oxidation sites excluding steroid dienone is 6. The van der Waals surface area contributed by atoms with Gasteiger partial charge in [-0.3, -0.25) is 0 Å². The SMILES string of the molecule is CN1C(=CC=C2CCCC(C=CC3N(C)c4ccccc4C3(C)C)=C2Sc2ccccc2)C(C)(C)c2ccccc21. The molecule has 0 spiro atoms. The van der Waals surface area contributed by atoms with Crippen LogP contribution in [0.25, 0.3) is 0 Å². The van der Waals surface area contributed by atoms with Crippen LogP contribution in [0.1, 0.15) is 58.1 Å². The minimum Gasteiger partial charge on any atom is -0.367 e. The second-order valence-corrected chi connectivity index (χ2v) is 13.8. The summed E-state index contributed by atoms with van der Waals surface area (Å²) in [6.07, 6.45) is 13.1. The molecular formula is C38H42N2S. The highest BCUT2D eigenvalue weighted by molar-refractivity contribution is 8.03. The minimum absolute atomic E-state index is 0.0239. The highest BCUT2D eigenvalue weighted by atomic mass is 32.2. The molecule has 3 aromatic carbocycles. The van der Waals surface area contributed by atoms with Gasteiger partial charge in [-0.2, -0.15) is 0 Å². The van der Waals surface area contributed by atoms with Crippen LogP contribution in [0.15, 0.2) is 130 Å². The Morgan fingerprint density at radius 1 is 0.756 bits per heavy atom. The summed E-state index contributed by atoms with van der Waals surface area (Å²) in [6, 6.07) is 28.9. The number of fused-ring (bicyclic) bond motifs is 2. The molecule has 2 nitrogen and oxygen atoms in total. The highest BCUT2D eigenvalue weighted by Crippen LogP contribution is 2.48. The van der Waals surface area contributed by atoms with Gasteiger partial charge in [0.25, 0.3) is 0 Å². The van der Waals surface area contributed by atoms with Crippen molar-refractivity contribution in [1.82, 2.24) is 0 Å². The standard InChI is InChI=1S/C38H42N2S/c1-37(2)30-19-10-12-21-32(30)39(5)34(37)25-23-27-15-14-16-28(36(27)41-29-17-8-7-9-18-29)24-26-35-38(3,4)31-20-11-13-22-33(31)40(35)6/h7-13,17-26,34H,14-16H2,1-6H3. The van der Waals surface area contributed by atoms with E-state index in [0.29, 0.717) is 6.04 Å². The average Bonchev–Trinajstić information content (AvgIpc) is 3.29. The van der Waals surface area contributed by atoms with Gasteiger partial charge in [-0.05, 0) is 71.9 Å². The molecule has 0 fully saturated rings. The summed E-state index contributed by atoms with van der Waals surface area (Å²) in [5.74, 6) is 0. The molecule has 2 heterocycles. The number of hydrogen-bond acceptors (Lipinski definition) is 3. The first-order valence-corrected chi connectivity index (χ1v) is 15.7. The van der Waals surface area contributed by atoms with E-state index in [-0.39, 0.29) is 10.8 Å². The molecule has 2 aliphatic heterocycles. The molecule has 3 aliphatic rings. The number of likely N-dealkylation sites (N-methyl/N-ethyl adjacent to an activating group) is 2. The number of anilines is 2. The fraction of sp³-hybridized carbons (Fsp3) is 0.316. The second kappa shape index (κ2) is 10.8. The lowest BCUT2D eigenvalue weighted by molar-refractivity contribution is 0.487. The lowest BCUT2D eigenvalue weighted by Crippen LogP contribution is -2.37. The van der Waals surface area contributed by atoms with E-state index in [2.05, 4.69) is 155 Å². The Morgan fingerprint density at radius 3 is 2.12 bits per heavy atom. The summed E-state index contributed by atoms with van der Waals surface area (Å²) in [5.41, 5.74) is 9.78. The third kappa shape index (κ3) is 4.89. The Hall–Kier alpha value is -3.43. The van der Waals surface area contributed by atoms with Crippen molar-refractivity contribution in [2.45, 2.75) is 68.7 Å². The Morgan fingerprint density at radius 2 is 1.41 bits per heavy atom. The van der Waals surface area contributed by atoms with Gasteiger partial charge in [-0.15, -0.1) is 0 Å². The van der Waals surface area contributed by atoms with Gasteiger partial charge in [0.05, 0.1) is 6.04 Å². The van der Waals surface area contributed by atoms with Gasteiger partial charge in [0.2, 0.25) is 0 Å². The Kier molecular flexibility index (Phi) is 7.28. The predicted octanol–water partition coefficient (Wildman–Crippen LogP) is 9.81. The lowest BCUT2D eigenvalue weighted by Gasteiger charge is -2.30. The van der Waals surface area contributed by atoms with E-state index in [9.17, 15) is 0 Å². The fourth-order valence-electron chi connectivity index (χ4n) is 7.14. The van der Waals surface area contributed by atoms with E-state index in [1.807, 2.05) is 11.8 Å². The Bertz CT molecular complexity index is 1570. The monoisotopic (exact) mass is 558 g/mol. The van der Waals surface area contributed by atoms with Gasteiger partial charge in [0, 0.05) is 51.8 Å². The van der Waals surface area contributed by atoms with Crippen LogP contribution >= 0.6 is 11.8 Å². The third-order valence-corrected chi connectivity index (χ3v) is 10.7. The first kappa shape index (κ1) is 27.7. The summed E-state index contributed by atoms with van der Waals surface area (Å²) >= 11 is 1.93. The minimum atomic E-state index is -0.0239. The van der Waals surface area contributed by atoms with Crippen molar-refractivity contribution in [2.24, 2.45) is 0 Å². The van der Waals surface area contributed by atoms with Crippen LogP contribution in [0, 0.1) is 0 Å². The number of thioether (sulfide) groups is 1. The first-order valence-electron chi connectivity index (χ1n) is 14.9. The van der Waals surface area contributed by atoms with Crippen LogP contribution in [-0.4, -0.2) is 20.1 Å². The van der Waals surface area contributed by atoms with E-state index in [1.165, 1.54) is 55.6 Å². The van der Waals surface area contributed by atoms with Gasteiger partial charge in [-0.1, -0.05) is 112 Å². The van der Waals surface area contributed by atoms with Crippen molar-refractivity contribution in [3.05, 3.63) is 136 Å². The predicted molar refractivity (Wildman–Crippen MR) is 178 cm³/mol. The Balaban J connectivity index is 1.39. The summed E-state index contributed by atoms with van der Waals surface area (Å²) < 4.78 is 0. The smallest absolute Gasteiger partial charge is 0.0565 e. The summed E-state index contributed by atoms with van der Waals surface area (Å²) in [4.78, 5) is 7.54. The van der Waals surface area contributed by atoms with Crippen molar-refractivity contribution in [1.29, 1.82) is 0 Å². The van der Waals surface area contributed by atoms with Crippen LogP contribution in [-0.2, 0) is 10.8 Å². The van der Waals surface area contributed by atoms with Gasteiger partial charge < -0.3 is 9.80 Å². The zero-order valence-electron chi connectivity index (χ0n) is 25.3. The van der Waals surface area contributed by atoms with Crippen molar-refractivity contribution < 1.29 is 0 Å². The second-order valence-electron chi connectivity index (χ2n) is 12.7. The summed E-state index contributed by atoms with van der Waals surface area (Å²) in [6.45, 7) is 9.47. The largest absolute Gasteiger partial charge is 0.367 e. The van der Waals surface area contributed by atoms with E-state index >= 15 is 0 Å². The molecule has 41 heavy (non-hydrogen) atoms. The van der Waals surface area contributed by atoms with Crippen LogP contribution in [0.5, 0.6) is 0 Å². The van der Waals surface area contributed by atoms with Crippen LogP contribution in [0.2, 0.25) is 0 Å². The maximum Gasteiger partial charge on any atom is 0.0565 e. The molecule has 1 unspecified atom stereocenters. The molecule has 3 heteroatoms. The van der Waals surface area contributed by atoms with E-state index in [4.69, 9.17) is 0 Å². The molecule has 1 aliphatic carbocycles. The van der Waals surface area contributed by atoms with E-state index in [1.54, 1.807) is 0 Å². The van der Waals surface area contributed by atoms with Gasteiger partial charge in [0.15, 0.2) is 0 Å². The summed E-state index contributed by atoms with van der Waals surface area (Å²) in [5, 5.41) is 0. The number of benzene rings is 3.